The van der Waals surface area contributed by atoms with Crippen LogP contribution < -0.4 is 10.6 Å². The van der Waals surface area contributed by atoms with Gasteiger partial charge >= 0.3 is 0 Å². The monoisotopic (exact) mass is 450 g/mol. The van der Waals surface area contributed by atoms with Crippen LogP contribution in [0.3, 0.4) is 0 Å². The van der Waals surface area contributed by atoms with E-state index in [0.29, 0.717) is 21.6 Å². The lowest BCUT2D eigenvalue weighted by molar-refractivity contribution is 0.698. The van der Waals surface area contributed by atoms with E-state index in [9.17, 15) is 0 Å². The Morgan fingerprint density at radius 1 is 0.742 bits per heavy atom. The molecule has 0 saturated carbocycles. The van der Waals surface area contributed by atoms with E-state index in [4.69, 9.17) is 0 Å². The van der Waals surface area contributed by atoms with Gasteiger partial charge in [0.2, 0.25) is 0 Å². The van der Waals surface area contributed by atoms with Crippen molar-refractivity contribution in [3.63, 3.8) is 0 Å². The molecular weight excluding hydrogens is 410 g/mol. The first-order valence-corrected chi connectivity index (χ1v) is 14.3. The third kappa shape index (κ3) is 5.24. The summed E-state index contributed by atoms with van der Waals surface area (Å²) in [6.07, 6.45) is 7.30. The number of aryl methyl sites for hydroxylation is 2. The molecule has 0 fully saturated rings. The predicted molar refractivity (Wildman–Crippen MR) is 145 cm³/mol. The Labute approximate surface area is 193 Å². The smallest absolute Gasteiger partial charge is 0.0202 e. The zero-order valence-corrected chi connectivity index (χ0v) is 22.7. The molecule has 0 amide bonds. The Bertz CT molecular complexity index is 909. The Morgan fingerprint density at radius 3 is 1.61 bits per heavy atom. The van der Waals surface area contributed by atoms with E-state index in [0.717, 1.165) is 0 Å². The van der Waals surface area contributed by atoms with Crippen molar-refractivity contribution >= 4 is 26.5 Å². The maximum absolute atomic E-state index is 2.51. The third-order valence-electron chi connectivity index (χ3n) is 6.27. The van der Waals surface area contributed by atoms with Crippen LogP contribution in [-0.4, -0.2) is 21.6 Å². The number of rotatable bonds is 5. The molecule has 2 aromatic rings. The molecule has 0 radical (unpaired) electrons. The molecule has 2 heteroatoms. The van der Waals surface area contributed by atoms with Crippen molar-refractivity contribution < 1.29 is 0 Å². The standard InChI is InChI=1S/C29H40P2/c1-21-15-10-12-18-25(21)30(26-19-13-11-16-22(26)2)23(3)24-17-14-20-27(24)31(28(4,5)6)29(7,8)9/h10-20,23,27H,1-9H3/t23-,27+/m0/s1. The summed E-state index contributed by atoms with van der Waals surface area (Å²) in [5.74, 6) is 0. The van der Waals surface area contributed by atoms with Crippen LogP contribution in [0.4, 0.5) is 0 Å². The lowest BCUT2D eigenvalue weighted by atomic mass is 10.1. The SMILES string of the molecule is Cc1ccccc1P(c1ccccc1C)[C@@H](C)C1=CC=C[C@H]1P(C(C)(C)C)C(C)(C)C. The molecule has 0 N–H and O–H groups in total. The minimum absolute atomic E-state index is 0.238. The van der Waals surface area contributed by atoms with Gasteiger partial charge in [0, 0.05) is 11.3 Å². The number of benzene rings is 2. The fourth-order valence-corrected chi connectivity index (χ4v) is 13.0. The molecule has 0 aliphatic heterocycles. The van der Waals surface area contributed by atoms with Gasteiger partial charge in [-0.25, -0.2) is 0 Å². The fourth-order valence-electron chi connectivity index (χ4n) is 5.31. The predicted octanol–water partition coefficient (Wildman–Crippen LogP) is 8.07. The third-order valence-corrected chi connectivity index (χ3v) is 13.3. The highest BCUT2D eigenvalue weighted by Gasteiger charge is 2.43. The molecule has 0 spiro atoms. The van der Waals surface area contributed by atoms with Crippen molar-refractivity contribution in [1.29, 1.82) is 0 Å². The summed E-state index contributed by atoms with van der Waals surface area (Å²) < 4.78 is 0. The molecule has 0 nitrogen and oxygen atoms in total. The van der Waals surface area contributed by atoms with E-state index in [1.54, 1.807) is 5.57 Å². The van der Waals surface area contributed by atoms with Gasteiger partial charge in [0.25, 0.3) is 0 Å². The van der Waals surface area contributed by atoms with Crippen molar-refractivity contribution in [3.05, 3.63) is 83.5 Å². The van der Waals surface area contributed by atoms with Crippen LogP contribution in [-0.2, 0) is 0 Å². The van der Waals surface area contributed by atoms with Crippen LogP contribution in [0.15, 0.2) is 72.3 Å². The molecule has 2 aromatic carbocycles. The molecular formula is C29H40P2. The maximum Gasteiger partial charge on any atom is 0.0202 e. The van der Waals surface area contributed by atoms with E-state index in [2.05, 4.69) is 129 Å². The topological polar surface area (TPSA) is 0 Å². The van der Waals surface area contributed by atoms with Crippen LogP contribution in [0.5, 0.6) is 0 Å². The summed E-state index contributed by atoms with van der Waals surface area (Å²) in [5.41, 5.74) is 5.55. The van der Waals surface area contributed by atoms with E-state index >= 15 is 0 Å². The van der Waals surface area contributed by atoms with Gasteiger partial charge in [-0.2, -0.15) is 0 Å². The first-order chi connectivity index (χ1) is 14.4. The van der Waals surface area contributed by atoms with Crippen LogP contribution >= 0.6 is 15.8 Å². The molecule has 0 saturated heterocycles. The van der Waals surface area contributed by atoms with Gasteiger partial charge in [-0.1, -0.05) is 129 Å². The molecule has 2 atom stereocenters. The second-order valence-corrected chi connectivity index (χ2v) is 17.3. The van der Waals surface area contributed by atoms with Crippen LogP contribution in [0, 0.1) is 13.8 Å². The summed E-state index contributed by atoms with van der Waals surface area (Å²) in [6, 6.07) is 18.1. The van der Waals surface area contributed by atoms with E-state index in [-0.39, 0.29) is 7.92 Å². The highest BCUT2D eigenvalue weighted by atomic mass is 31.1. The average molecular weight is 451 g/mol. The van der Waals surface area contributed by atoms with Gasteiger partial charge < -0.3 is 0 Å². The van der Waals surface area contributed by atoms with Gasteiger partial charge in [0.15, 0.2) is 0 Å². The number of hydrogen-bond acceptors (Lipinski definition) is 0. The second kappa shape index (κ2) is 9.33. The zero-order chi connectivity index (χ0) is 23.0. The minimum Gasteiger partial charge on any atom is -0.0843 e. The lowest BCUT2D eigenvalue weighted by Gasteiger charge is -2.47. The van der Waals surface area contributed by atoms with Gasteiger partial charge in [-0.05, 0) is 53.8 Å². The van der Waals surface area contributed by atoms with Crippen LogP contribution in [0.25, 0.3) is 0 Å². The van der Waals surface area contributed by atoms with Gasteiger partial charge in [0.1, 0.15) is 0 Å². The molecule has 0 bridgehead atoms. The van der Waals surface area contributed by atoms with Crippen molar-refractivity contribution in [2.75, 3.05) is 0 Å². The van der Waals surface area contributed by atoms with Crippen LogP contribution in [0.2, 0.25) is 0 Å². The largest absolute Gasteiger partial charge is 0.0843 e. The van der Waals surface area contributed by atoms with Crippen molar-refractivity contribution in [2.24, 2.45) is 0 Å². The summed E-state index contributed by atoms with van der Waals surface area (Å²) >= 11 is 0. The molecule has 0 heterocycles. The summed E-state index contributed by atoms with van der Waals surface area (Å²) in [6.45, 7) is 21.8. The highest BCUT2D eigenvalue weighted by molar-refractivity contribution is 7.74. The number of allylic oxidation sites excluding steroid dienone is 4. The Hall–Kier alpha value is -1.22. The molecule has 31 heavy (non-hydrogen) atoms. The van der Waals surface area contributed by atoms with Crippen molar-refractivity contribution in [3.8, 4) is 0 Å². The lowest BCUT2D eigenvalue weighted by Crippen LogP contribution is -2.34. The highest BCUT2D eigenvalue weighted by Crippen LogP contribution is 2.66. The zero-order valence-electron chi connectivity index (χ0n) is 20.9. The molecule has 166 valence electrons. The quantitative estimate of drug-likeness (QED) is 0.404. The van der Waals surface area contributed by atoms with Gasteiger partial charge in [0.05, 0.1) is 0 Å². The first-order valence-electron chi connectivity index (χ1n) is 11.5. The first kappa shape index (κ1) is 24.4. The summed E-state index contributed by atoms with van der Waals surface area (Å²) in [4.78, 5) is 0. The van der Waals surface area contributed by atoms with Crippen LogP contribution in [0.1, 0.15) is 59.6 Å². The maximum atomic E-state index is 2.51. The molecule has 0 aromatic heterocycles. The van der Waals surface area contributed by atoms with E-state index in [1.165, 1.54) is 21.7 Å². The summed E-state index contributed by atoms with van der Waals surface area (Å²) in [7, 11) is -0.724. The van der Waals surface area contributed by atoms with E-state index < -0.39 is 7.92 Å². The average Bonchev–Trinajstić information content (AvgIpc) is 3.11. The Morgan fingerprint density at radius 2 is 1.19 bits per heavy atom. The Balaban J connectivity index is 2.11. The normalized spacial score (nSPS) is 18.0. The van der Waals surface area contributed by atoms with Crippen molar-refractivity contribution in [2.45, 2.75) is 83.9 Å². The second-order valence-electron chi connectivity index (χ2n) is 10.8. The van der Waals surface area contributed by atoms with Gasteiger partial charge in [-0.15, -0.1) is 0 Å². The van der Waals surface area contributed by atoms with E-state index in [1.807, 2.05) is 0 Å². The molecule has 1 aliphatic carbocycles. The fraction of sp³-hybridized carbons (Fsp3) is 0.448. The number of hydrogen-bond donors (Lipinski definition) is 0. The molecule has 1 aliphatic rings. The molecule has 3 rings (SSSR count). The van der Waals surface area contributed by atoms with Gasteiger partial charge in [-0.3, -0.25) is 0 Å². The Kier molecular flexibility index (Phi) is 7.35. The summed E-state index contributed by atoms with van der Waals surface area (Å²) in [5, 5.41) is 3.67. The minimum atomic E-state index is -0.486. The van der Waals surface area contributed by atoms with Crippen molar-refractivity contribution in [1.82, 2.24) is 0 Å². The molecule has 0 unspecified atom stereocenters.